The monoisotopic (exact) mass is 393 g/mol. The molecule has 0 saturated carbocycles. The van der Waals surface area contributed by atoms with Gasteiger partial charge in [-0.15, -0.1) is 0 Å². The predicted octanol–water partition coefficient (Wildman–Crippen LogP) is 3.78. The molecule has 5 nitrogen and oxygen atoms in total. The smallest absolute Gasteiger partial charge is 0.254 e. The summed E-state index contributed by atoms with van der Waals surface area (Å²) in [6.07, 6.45) is 0.754. The summed E-state index contributed by atoms with van der Waals surface area (Å²) in [5.41, 5.74) is 5.20. The summed E-state index contributed by atoms with van der Waals surface area (Å²) < 4.78 is 21.4. The molecule has 0 spiro atoms. The molecule has 0 fully saturated rings. The largest absolute Gasteiger partial charge is 0.370 e. The molecule has 1 aliphatic rings. The van der Waals surface area contributed by atoms with Crippen LogP contribution in [-0.4, -0.2) is 27.1 Å². The van der Waals surface area contributed by atoms with Crippen molar-refractivity contribution in [3.63, 3.8) is 0 Å². The van der Waals surface area contributed by atoms with E-state index in [0.29, 0.717) is 18.7 Å². The summed E-state index contributed by atoms with van der Waals surface area (Å²) in [5, 5.41) is 4.59. The van der Waals surface area contributed by atoms with Crippen LogP contribution in [0.15, 0.2) is 48.5 Å². The van der Waals surface area contributed by atoms with Crippen molar-refractivity contribution < 1.29 is 13.9 Å². The summed E-state index contributed by atoms with van der Waals surface area (Å²) in [6.45, 7) is 3.59. The first-order chi connectivity index (χ1) is 14.0. The number of rotatable bonds is 5. The third-order valence-electron chi connectivity index (χ3n) is 5.44. The molecule has 3 aromatic rings. The number of aromatic nitrogens is 2. The lowest BCUT2D eigenvalue weighted by molar-refractivity contribution is 0.0727. The summed E-state index contributed by atoms with van der Waals surface area (Å²) in [5.74, 6) is -0.235. The second kappa shape index (κ2) is 8.17. The van der Waals surface area contributed by atoms with Crippen LogP contribution in [-0.2, 0) is 38.0 Å². The van der Waals surface area contributed by atoms with Gasteiger partial charge in [-0.1, -0.05) is 36.4 Å². The van der Waals surface area contributed by atoms with E-state index >= 15 is 0 Å². The van der Waals surface area contributed by atoms with E-state index in [2.05, 4.69) is 5.10 Å². The highest BCUT2D eigenvalue weighted by atomic mass is 19.1. The van der Waals surface area contributed by atoms with Gasteiger partial charge < -0.3 is 9.64 Å². The number of carbonyl (C=O) groups excluding carboxylic acids is 1. The lowest BCUT2D eigenvalue weighted by Crippen LogP contribution is -2.36. The van der Waals surface area contributed by atoms with E-state index < -0.39 is 0 Å². The Hall–Kier alpha value is -2.99. The number of carbonyl (C=O) groups is 1. The van der Waals surface area contributed by atoms with E-state index in [1.54, 1.807) is 18.2 Å². The summed E-state index contributed by atoms with van der Waals surface area (Å²) in [4.78, 5) is 14.9. The molecule has 0 saturated heterocycles. The Morgan fingerprint density at radius 2 is 1.90 bits per heavy atom. The Bertz CT molecular complexity index is 1040. The summed E-state index contributed by atoms with van der Waals surface area (Å²) in [6, 6.07) is 14.2. The van der Waals surface area contributed by atoms with Gasteiger partial charge in [0.25, 0.3) is 5.91 Å². The Kier molecular flexibility index (Phi) is 5.45. The number of benzene rings is 2. The fourth-order valence-electron chi connectivity index (χ4n) is 3.82. The Morgan fingerprint density at radius 3 is 2.69 bits per heavy atom. The van der Waals surface area contributed by atoms with Crippen molar-refractivity contribution in [1.29, 1.82) is 0 Å². The zero-order valence-electron chi connectivity index (χ0n) is 16.7. The number of ether oxygens (including phenoxy) is 1. The molecule has 150 valence electrons. The van der Waals surface area contributed by atoms with Gasteiger partial charge in [-0.3, -0.25) is 9.48 Å². The number of fused-ring (bicyclic) bond motifs is 1. The van der Waals surface area contributed by atoms with Crippen molar-refractivity contribution in [2.24, 2.45) is 7.05 Å². The van der Waals surface area contributed by atoms with Crippen molar-refractivity contribution in [3.8, 4) is 0 Å². The lowest BCUT2D eigenvalue weighted by Gasteiger charge is -2.28. The first kappa shape index (κ1) is 19.3. The molecule has 0 N–H and O–H groups in total. The van der Waals surface area contributed by atoms with Gasteiger partial charge in [0.2, 0.25) is 0 Å². The SMILES string of the molecule is Cc1ccccc1C(=O)N1CCc2c(c(COCc3ccccc3F)nn2C)C1. The zero-order chi connectivity index (χ0) is 20.4. The van der Waals surface area contributed by atoms with Crippen LogP contribution in [0.3, 0.4) is 0 Å². The van der Waals surface area contributed by atoms with Gasteiger partial charge in [-0.05, 0) is 24.6 Å². The molecule has 2 heterocycles. The standard InChI is InChI=1S/C23H24FN3O2/c1-16-7-3-5-9-18(16)23(28)27-12-11-22-19(13-27)21(25-26(22)2)15-29-14-17-8-4-6-10-20(17)24/h3-10H,11-15H2,1-2H3. The molecule has 0 bridgehead atoms. The van der Waals surface area contributed by atoms with Crippen molar-refractivity contribution in [1.82, 2.24) is 14.7 Å². The third kappa shape index (κ3) is 3.93. The van der Waals surface area contributed by atoms with Crippen LogP contribution >= 0.6 is 0 Å². The van der Waals surface area contributed by atoms with E-state index in [1.807, 2.05) is 47.8 Å². The summed E-state index contributed by atoms with van der Waals surface area (Å²) in [7, 11) is 1.91. The molecule has 6 heteroatoms. The Morgan fingerprint density at radius 1 is 1.14 bits per heavy atom. The number of nitrogens with zero attached hydrogens (tertiary/aromatic N) is 3. The van der Waals surface area contributed by atoms with Crippen LogP contribution in [0.5, 0.6) is 0 Å². The van der Waals surface area contributed by atoms with Crippen LogP contribution in [0.2, 0.25) is 0 Å². The molecule has 0 unspecified atom stereocenters. The maximum Gasteiger partial charge on any atom is 0.254 e. The van der Waals surface area contributed by atoms with Gasteiger partial charge >= 0.3 is 0 Å². The molecule has 1 aromatic heterocycles. The molecule has 0 aliphatic carbocycles. The molecule has 29 heavy (non-hydrogen) atoms. The third-order valence-corrected chi connectivity index (χ3v) is 5.44. The molecule has 0 atom stereocenters. The maximum atomic E-state index is 13.8. The van der Waals surface area contributed by atoms with Crippen LogP contribution < -0.4 is 0 Å². The number of hydrogen-bond donors (Lipinski definition) is 0. The molecule has 1 amide bonds. The number of amides is 1. The number of halogens is 1. The van der Waals surface area contributed by atoms with Crippen molar-refractivity contribution >= 4 is 5.91 Å². The second-order valence-corrected chi connectivity index (χ2v) is 7.37. The Balaban J connectivity index is 1.48. The van der Waals surface area contributed by atoms with Crippen LogP contribution in [0.25, 0.3) is 0 Å². The quantitative estimate of drug-likeness (QED) is 0.663. The van der Waals surface area contributed by atoms with E-state index in [9.17, 15) is 9.18 Å². The highest BCUT2D eigenvalue weighted by molar-refractivity contribution is 5.95. The molecule has 2 aromatic carbocycles. The highest BCUT2D eigenvalue weighted by Crippen LogP contribution is 2.25. The van der Waals surface area contributed by atoms with E-state index in [4.69, 9.17) is 4.74 Å². The van der Waals surface area contributed by atoms with Crippen LogP contribution in [0.1, 0.15) is 38.4 Å². The molecular weight excluding hydrogens is 369 g/mol. The Labute approximate surface area is 169 Å². The number of hydrogen-bond acceptors (Lipinski definition) is 3. The average Bonchev–Trinajstić information content (AvgIpc) is 3.04. The van der Waals surface area contributed by atoms with Crippen LogP contribution in [0, 0.1) is 12.7 Å². The average molecular weight is 393 g/mol. The molecule has 4 rings (SSSR count). The molecule has 1 aliphatic heterocycles. The summed E-state index contributed by atoms with van der Waals surface area (Å²) >= 11 is 0. The van der Waals surface area contributed by atoms with Crippen molar-refractivity contribution in [3.05, 3.63) is 88.0 Å². The maximum absolute atomic E-state index is 13.8. The molecule has 0 radical (unpaired) electrons. The topological polar surface area (TPSA) is 47.4 Å². The first-order valence-electron chi connectivity index (χ1n) is 9.74. The molecular formula is C23H24FN3O2. The van der Waals surface area contributed by atoms with Crippen molar-refractivity contribution in [2.75, 3.05) is 6.54 Å². The van der Waals surface area contributed by atoms with Gasteiger partial charge in [-0.2, -0.15) is 5.10 Å². The predicted molar refractivity (Wildman–Crippen MR) is 108 cm³/mol. The fourth-order valence-corrected chi connectivity index (χ4v) is 3.82. The van der Waals surface area contributed by atoms with Crippen LogP contribution in [0.4, 0.5) is 4.39 Å². The van der Waals surface area contributed by atoms with Gasteiger partial charge in [-0.25, -0.2) is 4.39 Å². The minimum Gasteiger partial charge on any atom is -0.370 e. The van der Waals surface area contributed by atoms with Crippen molar-refractivity contribution in [2.45, 2.75) is 33.1 Å². The minimum absolute atomic E-state index is 0.0378. The highest BCUT2D eigenvalue weighted by Gasteiger charge is 2.27. The van der Waals surface area contributed by atoms with Gasteiger partial charge in [0, 0.05) is 48.9 Å². The zero-order valence-corrected chi connectivity index (χ0v) is 16.7. The number of aryl methyl sites for hydroxylation is 2. The van der Waals surface area contributed by atoms with E-state index in [1.165, 1.54) is 6.07 Å². The van der Waals surface area contributed by atoms with Gasteiger partial charge in [0.15, 0.2) is 0 Å². The normalized spacial score (nSPS) is 13.4. The minimum atomic E-state index is -0.273. The lowest BCUT2D eigenvalue weighted by atomic mass is 10.0. The second-order valence-electron chi connectivity index (χ2n) is 7.37. The van der Waals surface area contributed by atoms with E-state index in [-0.39, 0.29) is 24.9 Å². The van der Waals surface area contributed by atoms with Gasteiger partial charge in [0.1, 0.15) is 5.82 Å². The fraction of sp³-hybridized carbons (Fsp3) is 0.304. The van der Waals surface area contributed by atoms with E-state index in [0.717, 1.165) is 34.5 Å². The van der Waals surface area contributed by atoms with Gasteiger partial charge in [0.05, 0.1) is 18.9 Å². The first-order valence-corrected chi connectivity index (χ1v) is 9.74.